The van der Waals surface area contributed by atoms with Crippen LogP contribution in [0.4, 0.5) is 0 Å². The van der Waals surface area contributed by atoms with Gasteiger partial charge in [0.05, 0.1) is 0 Å². The van der Waals surface area contributed by atoms with Crippen molar-refractivity contribution in [3.63, 3.8) is 0 Å². The first-order valence-corrected chi connectivity index (χ1v) is 8.21. The maximum Gasteiger partial charge on any atom is 0.0138 e. The average molecular weight is 261 g/mol. The Labute approximate surface area is 115 Å². The Bertz CT molecular complexity index is 379. The normalized spacial score (nSPS) is 31.9. The van der Waals surface area contributed by atoms with E-state index in [0.717, 1.165) is 11.2 Å². The molecule has 1 heterocycles. The Hall–Kier alpha value is -0.470. The molecule has 1 aliphatic heterocycles. The van der Waals surface area contributed by atoms with E-state index in [-0.39, 0.29) is 0 Å². The molecule has 1 nitrogen and oxygen atoms in total. The molecule has 3 unspecified atom stereocenters. The lowest BCUT2D eigenvalue weighted by atomic mass is 9.89. The Morgan fingerprint density at radius 3 is 2.83 bits per heavy atom. The highest BCUT2D eigenvalue weighted by molar-refractivity contribution is 8.00. The molecule has 0 saturated heterocycles. The van der Waals surface area contributed by atoms with Crippen LogP contribution in [-0.2, 0) is 6.42 Å². The molecule has 98 valence electrons. The van der Waals surface area contributed by atoms with Crippen LogP contribution in [0.5, 0.6) is 0 Å². The van der Waals surface area contributed by atoms with E-state index < -0.39 is 0 Å². The van der Waals surface area contributed by atoms with Gasteiger partial charge in [-0.15, -0.1) is 11.8 Å². The number of rotatable bonds is 2. The zero-order valence-corrected chi connectivity index (χ0v) is 11.8. The van der Waals surface area contributed by atoms with Crippen LogP contribution in [0.3, 0.4) is 0 Å². The first kappa shape index (κ1) is 12.6. The zero-order valence-electron chi connectivity index (χ0n) is 11.0. The summed E-state index contributed by atoms with van der Waals surface area (Å²) in [7, 11) is 0. The molecule has 1 aromatic rings. The van der Waals surface area contributed by atoms with E-state index in [1.165, 1.54) is 49.8 Å². The van der Waals surface area contributed by atoms with Gasteiger partial charge in [-0.2, -0.15) is 0 Å². The van der Waals surface area contributed by atoms with Crippen molar-refractivity contribution in [1.29, 1.82) is 0 Å². The van der Waals surface area contributed by atoms with Crippen molar-refractivity contribution in [2.24, 2.45) is 11.7 Å². The maximum atomic E-state index is 6.35. The van der Waals surface area contributed by atoms with Gasteiger partial charge in [0.25, 0.3) is 0 Å². The van der Waals surface area contributed by atoms with Crippen molar-refractivity contribution in [1.82, 2.24) is 0 Å². The summed E-state index contributed by atoms with van der Waals surface area (Å²) in [5.74, 6) is 0.763. The molecule has 0 aromatic heterocycles. The number of thioether (sulfide) groups is 1. The van der Waals surface area contributed by atoms with Crippen LogP contribution in [0, 0.1) is 5.92 Å². The van der Waals surface area contributed by atoms with Gasteiger partial charge in [0.15, 0.2) is 0 Å². The van der Waals surface area contributed by atoms with Crippen molar-refractivity contribution in [2.75, 3.05) is 0 Å². The minimum atomic E-state index is 0.455. The summed E-state index contributed by atoms with van der Waals surface area (Å²) >= 11 is 2.08. The molecule has 2 N–H and O–H groups in total. The summed E-state index contributed by atoms with van der Waals surface area (Å²) in [5, 5.41) is 0.775. The zero-order chi connectivity index (χ0) is 12.4. The van der Waals surface area contributed by atoms with Gasteiger partial charge < -0.3 is 5.73 Å². The van der Waals surface area contributed by atoms with Crippen LogP contribution in [0.1, 0.15) is 44.1 Å². The van der Waals surface area contributed by atoms with Crippen LogP contribution in [0.15, 0.2) is 29.2 Å². The third-order valence-electron chi connectivity index (χ3n) is 4.50. The molecule has 2 heteroatoms. The number of nitrogens with two attached hydrogens (primary N) is 1. The van der Waals surface area contributed by atoms with Crippen LogP contribution < -0.4 is 5.73 Å². The molecule has 1 saturated carbocycles. The standard InChI is InChI=1S/C16H23NS/c17-15-8-3-1-2-6-12(15)10-14-11-13-7-4-5-9-16(13)18-14/h4-5,7,9,12,14-15H,1-3,6,8,10-11,17H2. The van der Waals surface area contributed by atoms with Crippen LogP contribution >= 0.6 is 11.8 Å². The van der Waals surface area contributed by atoms with Crippen molar-refractivity contribution >= 4 is 11.8 Å². The Morgan fingerprint density at radius 1 is 1.11 bits per heavy atom. The van der Waals surface area contributed by atoms with E-state index in [9.17, 15) is 0 Å². The van der Waals surface area contributed by atoms with Crippen molar-refractivity contribution in [3.05, 3.63) is 29.8 Å². The van der Waals surface area contributed by atoms with Gasteiger partial charge in [0.1, 0.15) is 0 Å². The van der Waals surface area contributed by atoms with E-state index in [4.69, 9.17) is 5.73 Å². The Balaban J connectivity index is 1.61. The summed E-state index contributed by atoms with van der Waals surface area (Å²) < 4.78 is 0. The topological polar surface area (TPSA) is 26.0 Å². The molecule has 1 aliphatic carbocycles. The van der Waals surface area contributed by atoms with Gasteiger partial charge in [-0.25, -0.2) is 0 Å². The molecule has 1 aromatic carbocycles. The first-order chi connectivity index (χ1) is 8.83. The quantitative estimate of drug-likeness (QED) is 0.814. The van der Waals surface area contributed by atoms with Gasteiger partial charge in [-0.05, 0) is 43.2 Å². The summed E-state index contributed by atoms with van der Waals surface area (Å²) in [6.45, 7) is 0. The summed E-state index contributed by atoms with van der Waals surface area (Å²) in [6.07, 6.45) is 9.30. The van der Waals surface area contributed by atoms with Crippen molar-refractivity contribution < 1.29 is 0 Å². The summed E-state index contributed by atoms with van der Waals surface area (Å²) in [4.78, 5) is 1.50. The smallest absolute Gasteiger partial charge is 0.0138 e. The third kappa shape index (κ3) is 2.75. The molecule has 1 fully saturated rings. The van der Waals surface area contributed by atoms with Gasteiger partial charge in [-0.1, -0.05) is 37.5 Å². The van der Waals surface area contributed by atoms with Crippen molar-refractivity contribution in [2.45, 2.75) is 61.1 Å². The minimum absolute atomic E-state index is 0.455. The SMILES string of the molecule is NC1CCCCCC1CC1Cc2ccccc2S1. The Morgan fingerprint density at radius 2 is 1.94 bits per heavy atom. The number of fused-ring (bicyclic) bond motifs is 1. The molecular weight excluding hydrogens is 238 g/mol. The minimum Gasteiger partial charge on any atom is -0.327 e. The molecular formula is C16H23NS. The number of hydrogen-bond donors (Lipinski definition) is 1. The first-order valence-electron chi connectivity index (χ1n) is 7.33. The van der Waals surface area contributed by atoms with Gasteiger partial charge in [0, 0.05) is 16.2 Å². The molecule has 3 atom stereocenters. The highest BCUT2D eigenvalue weighted by Crippen LogP contribution is 2.41. The lowest BCUT2D eigenvalue weighted by Crippen LogP contribution is -2.31. The molecule has 0 spiro atoms. The van der Waals surface area contributed by atoms with Crippen LogP contribution in [0.2, 0.25) is 0 Å². The lowest BCUT2D eigenvalue weighted by molar-refractivity contribution is 0.369. The number of hydrogen-bond acceptors (Lipinski definition) is 2. The molecule has 2 aliphatic rings. The molecule has 0 bridgehead atoms. The molecule has 3 rings (SSSR count). The van der Waals surface area contributed by atoms with Crippen molar-refractivity contribution in [3.8, 4) is 0 Å². The van der Waals surface area contributed by atoms with Gasteiger partial charge in [-0.3, -0.25) is 0 Å². The third-order valence-corrected chi connectivity index (χ3v) is 5.84. The highest BCUT2D eigenvalue weighted by atomic mass is 32.2. The van der Waals surface area contributed by atoms with E-state index in [2.05, 4.69) is 36.0 Å². The summed E-state index contributed by atoms with van der Waals surface area (Å²) in [6, 6.07) is 9.34. The van der Waals surface area contributed by atoms with Crippen LogP contribution in [-0.4, -0.2) is 11.3 Å². The van der Waals surface area contributed by atoms with E-state index in [1.54, 1.807) is 5.56 Å². The number of benzene rings is 1. The second-order valence-electron chi connectivity index (χ2n) is 5.85. The fourth-order valence-corrected chi connectivity index (χ4v) is 4.85. The summed E-state index contributed by atoms with van der Waals surface area (Å²) in [5.41, 5.74) is 7.90. The second-order valence-corrected chi connectivity index (χ2v) is 7.19. The predicted molar refractivity (Wildman–Crippen MR) is 79.0 cm³/mol. The van der Waals surface area contributed by atoms with E-state index in [0.29, 0.717) is 6.04 Å². The van der Waals surface area contributed by atoms with E-state index >= 15 is 0 Å². The van der Waals surface area contributed by atoms with Gasteiger partial charge in [0.2, 0.25) is 0 Å². The van der Waals surface area contributed by atoms with E-state index in [1.807, 2.05) is 0 Å². The highest BCUT2D eigenvalue weighted by Gasteiger charge is 2.28. The second kappa shape index (κ2) is 5.66. The maximum absolute atomic E-state index is 6.35. The van der Waals surface area contributed by atoms with Crippen LogP contribution in [0.25, 0.3) is 0 Å². The average Bonchev–Trinajstić information content (AvgIpc) is 2.68. The molecule has 0 radical (unpaired) electrons. The molecule has 0 amide bonds. The van der Waals surface area contributed by atoms with Gasteiger partial charge >= 0.3 is 0 Å². The fourth-order valence-electron chi connectivity index (χ4n) is 3.43. The lowest BCUT2D eigenvalue weighted by Gasteiger charge is -2.23. The molecule has 18 heavy (non-hydrogen) atoms. The largest absolute Gasteiger partial charge is 0.327 e. The monoisotopic (exact) mass is 261 g/mol. The fraction of sp³-hybridized carbons (Fsp3) is 0.625. The predicted octanol–water partition coefficient (Wildman–Crippen LogP) is 4.00. The Kier molecular flexibility index (Phi) is 3.95.